The lowest BCUT2D eigenvalue weighted by Gasteiger charge is -2.05. The fourth-order valence-corrected chi connectivity index (χ4v) is 2.39. The van der Waals surface area contributed by atoms with E-state index in [-0.39, 0.29) is 0 Å². The molecule has 1 aromatic carbocycles. The van der Waals surface area contributed by atoms with Crippen molar-refractivity contribution in [1.82, 2.24) is 0 Å². The lowest BCUT2D eigenvalue weighted by Crippen LogP contribution is -1.82. The molecule has 1 aliphatic carbocycles. The summed E-state index contributed by atoms with van der Waals surface area (Å²) < 4.78 is 0. The average Bonchev–Trinajstić information content (AvgIpc) is 2.31. The molecule has 0 saturated heterocycles. The van der Waals surface area contributed by atoms with Gasteiger partial charge >= 0.3 is 0 Å². The van der Waals surface area contributed by atoms with Crippen molar-refractivity contribution in [1.29, 1.82) is 0 Å². The van der Waals surface area contributed by atoms with Gasteiger partial charge in [-0.15, -0.1) is 0 Å². The van der Waals surface area contributed by atoms with Crippen molar-refractivity contribution in [3.8, 4) is 11.8 Å². The Labute approximate surface area is 108 Å². The van der Waals surface area contributed by atoms with Crippen molar-refractivity contribution in [2.75, 3.05) is 0 Å². The second kappa shape index (κ2) is 5.80. The zero-order valence-corrected chi connectivity index (χ0v) is 11.1. The zero-order chi connectivity index (χ0) is 12.1. The average molecular weight is 240 g/mol. The minimum absolute atomic E-state index is 0.863. The zero-order valence-electron chi connectivity index (χ0n) is 10.3. The summed E-state index contributed by atoms with van der Waals surface area (Å²) in [5, 5.41) is 0. The van der Waals surface area contributed by atoms with Crippen LogP contribution >= 0.6 is 11.8 Å². The van der Waals surface area contributed by atoms with Gasteiger partial charge in [0, 0.05) is 22.6 Å². The summed E-state index contributed by atoms with van der Waals surface area (Å²) in [5.74, 6) is 6.41. The first-order valence-electron chi connectivity index (χ1n) is 5.80. The Hall–Kier alpha value is -1.39. The second-order valence-electron chi connectivity index (χ2n) is 4.27. The molecule has 86 valence electrons. The van der Waals surface area contributed by atoms with E-state index in [1.807, 2.05) is 11.8 Å². The smallest absolute Gasteiger partial charge is 0.0403 e. The molecule has 0 heterocycles. The van der Waals surface area contributed by atoms with Gasteiger partial charge in [-0.1, -0.05) is 59.0 Å². The third-order valence-corrected chi connectivity index (χ3v) is 3.63. The van der Waals surface area contributed by atoms with Gasteiger partial charge in [-0.25, -0.2) is 0 Å². The second-order valence-corrected chi connectivity index (χ2v) is 5.47. The molecule has 0 fully saturated rings. The highest BCUT2D eigenvalue weighted by molar-refractivity contribution is 8.03. The molecule has 0 aliphatic heterocycles. The van der Waals surface area contributed by atoms with E-state index in [1.165, 1.54) is 20.9 Å². The highest BCUT2D eigenvalue weighted by atomic mass is 32.2. The lowest BCUT2D eigenvalue weighted by molar-refractivity contribution is 1.23. The summed E-state index contributed by atoms with van der Waals surface area (Å²) in [6.07, 6.45) is 6.15. The first-order valence-corrected chi connectivity index (χ1v) is 6.62. The quantitative estimate of drug-likeness (QED) is 0.674. The standard InChI is InChI=1S/C16H16S/c1-13-5-3-4-6-15(10-7-13)17-16-11-8-14(2)9-12-16/h7-12H,5-6H2,1-2H3/b13-7-,15-10+. The molecule has 0 nitrogen and oxygen atoms in total. The van der Waals surface area contributed by atoms with Gasteiger partial charge in [0.25, 0.3) is 0 Å². The molecule has 1 aromatic rings. The Morgan fingerprint density at radius 1 is 0.941 bits per heavy atom. The van der Waals surface area contributed by atoms with Crippen LogP contribution in [-0.2, 0) is 0 Å². The highest BCUT2D eigenvalue weighted by Crippen LogP contribution is 2.29. The van der Waals surface area contributed by atoms with Gasteiger partial charge in [0.15, 0.2) is 0 Å². The third-order valence-electron chi connectivity index (χ3n) is 2.58. The molecule has 0 N–H and O–H groups in total. The Balaban J connectivity index is 2.13. The van der Waals surface area contributed by atoms with E-state index in [0.717, 1.165) is 12.8 Å². The van der Waals surface area contributed by atoms with Gasteiger partial charge in [0.05, 0.1) is 0 Å². The normalized spacial score (nSPS) is 21.1. The van der Waals surface area contributed by atoms with Crippen LogP contribution < -0.4 is 0 Å². The van der Waals surface area contributed by atoms with Gasteiger partial charge in [0.2, 0.25) is 0 Å². The Bertz CT molecular complexity index is 507. The van der Waals surface area contributed by atoms with Crippen LogP contribution in [0.15, 0.2) is 51.8 Å². The fraction of sp³-hybridized carbons (Fsp3) is 0.250. The van der Waals surface area contributed by atoms with E-state index in [2.05, 4.69) is 62.1 Å². The number of benzene rings is 1. The van der Waals surface area contributed by atoms with Crippen LogP contribution in [0.5, 0.6) is 0 Å². The first kappa shape index (κ1) is 12.1. The maximum atomic E-state index is 3.22. The molecule has 1 aliphatic rings. The number of hydrogen-bond acceptors (Lipinski definition) is 1. The maximum absolute atomic E-state index is 3.22. The van der Waals surface area contributed by atoms with Crippen LogP contribution in [0.3, 0.4) is 0 Å². The van der Waals surface area contributed by atoms with Crippen molar-refractivity contribution in [2.45, 2.75) is 31.6 Å². The molecule has 2 rings (SSSR count). The van der Waals surface area contributed by atoms with Crippen molar-refractivity contribution >= 4 is 11.8 Å². The molecular formula is C16H16S. The molecule has 0 atom stereocenters. The Morgan fingerprint density at radius 2 is 1.65 bits per heavy atom. The lowest BCUT2D eigenvalue weighted by atomic mass is 10.1. The van der Waals surface area contributed by atoms with Crippen LogP contribution in [0.2, 0.25) is 0 Å². The van der Waals surface area contributed by atoms with Crippen molar-refractivity contribution in [3.63, 3.8) is 0 Å². The van der Waals surface area contributed by atoms with E-state index in [1.54, 1.807) is 0 Å². The predicted molar refractivity (Wildman–Crippen MR) is 75.9 cm³/mol. The number of allylic oxidation sites excluding steroid dienone is 4. The SMILES string of the molecule is C/C1=C/C=C(/Sc2ccc(C)cc2)CC#CC1. The van der Waals surface area contributed by atoms with Crippen molar-refractivity contribution in [3.05, 3.63) is 52.5 Å². The molecule has 17 heavy (non-hydrogen) atoms. The van der Waals surface area contributed by atoms with Gasteiger partial charge in [-0.05, 0) is 26.0 Å². The molecule has 1 heteroatoms. The maximum Gasteiger partial charge on any atom is 0.0403 e. The number of rotatable bonds is 2. The van der Waals surface area contributed by atoms with Crippen LogP contribution in [0, 0.1) is 18.8 Å². The van der Waals surface area contributed by atoms with Crippen LogP contribution in [0.4, 0.5) is 0 Å². The third kappa shape index (κ3) is 3.84. The summed E-state index contributed by atoms with van der Waals surface area (Å²) >= 11 is 1.81. The fourth-order valence-electron chi connectivity index (χ4n) is 1.53. The molecule has 0 radical (unpaired) electrons. The first-order chi connectivity index (χ1) is 8.24. The molecule has 0 spiro atoms. The summed E-state index contributed by atoms with van der Waals surface area (Å²) in [6.45, 7) is 4.24. The minimum Gasteiger partial charge on any atom is -0.0985 e. The number of thioether (sulfide) groups is 1. The molecule has 0 bridgehead atoms. The summed E-state index contributed by atoms with van der Waals surface area (Å²) in [6, 6.07) is 8.64. The highest BCUT2D eigenvalue weighted by Gasteiger charge is 2.00. The summed E-state index contributed by atoms with van der Waals surface area (Å²) in [7, 11) is 0. The molecule has 0 aromatic heterocycles. The topological polar surface area (TPSA) is 0 Å². The van der Waals surface area contributed by atoms with Gasteiger partial charge in [0.1, 0.15) is 0 Å². The monoisotopic (exact) mass is 240 g/mol. The number of hydrogen-bond donors (Lipinski definition) is 0. The van der Waals surface area contributed by atoms with Gasteiger partial charge in [-0.3, -0.25) is 0 Å². The number of aryl methyl sites for hydroxylation is 1. The van der Waals surface area contributed by atoms with Crippen molar-refractivity contribution < 1.29 is 0 Å². The van der Waals surface area contributed by atoms with Crippen LogP contribution in [-0.4, -0.2) is 0 Å². The van der Waals surface area contributed by atoms with E-state index >= 15 is 0 Å². The van der Waals surface area contributed by atoms with Crippen molar-refractivity contribution in [2.24, 2.45) is 0 Å². The summed E-state index contributed by atoms with van der Waals surface area (Å²) in [4.78, 5) is 2.61. The summed E-state index contributed by atoms with van der Waals surface area (Å²) in [5.41, 5.74) is 2.63. The van der Waals surface area contributed by atoms with E-state index in [0.29, 0.717) is 0 Å². The van der Waals surface area contributed by atoms with E-state index < -0.39 is 0 Å². The largest absolute Gasteiger partial charge is 0.0985 e. The molecule has 0 unspecified atom stereocenters. The Morgan fingerprint density at radius 3 is 2.41 bits per heavy atom. The van der Waals surface area contributed by atoms with Crippen LogP contribution in [0.25, 0.3) is 0 Å². The minimum atomic E-state index is 0.863. The molecular weight excluding hydrogens is 224 g/mol. The van der Waals surface area contributed by atoms with E-state index in [4.69, 9.17) is 0 Å². The molecule has 0 amide bonds. The molecule has 0 saturated carbocycles. The van der Waals surface area contributed by atoms with Gasteiger partial charge in [-0.2, -0.15) is 0 Å². The van der Waals surface area contributed by atoms with Crippen LogP contribution in [0.1, 0.15) is 25.3 Å². The van der Waals surface area contributed by atoms with Gasteiger partial charge < -0.3 is 0 Å². The Kier molecular flexibility index (Phi) is 4.12. The van der Waals surface area contributed by atoms with E-state index in [9.17, 15) is 0 Å². The predicted octanol–water partition coefficient (Wildman–Crippen LogP) is 4.71.